The van der Waals surface area contributed by atoms with Crippen LogP contribution < -0.4 is 10.1 Å². The number of benzene rings is 2. The number of rotatable bonds is 7. The van der Waals surface area contributed by atoms with Gasteiger partial charge in [-0.15, -0.1) is 10.2 Å². The number of nitrogens with one attached hydrogen (secondary N) is 1. The smallest absolute Gasteiger partial charge is 0.277 e. The molecule has 0 aliphatic heterocycles. The third-order valence-corrected chi connectivity index (χ3v) is 5.48. The average Bonchev–Trinajstić information content (AvgIpc) is 3.34. The minimum absolute atomic E-state index is 0.110. The maximum Gasteiger partial charge on any atom is 0.277 e. The summed E-state index contributed by atoms with van der Waals surface area (Å²) in [6.45, 7) is 0.110. The first-order valence-electron chi connectivity index (χ1n) is 8.91. The van der Waals surface area contributed by atoms with Gasteiger partial charge in [-0.25, -0.2) is 0 Å². The lowest BCUT2D eigenvalue weighted by atomic mass is 10.1. The van der Waals surface area contributed by atoms with Crippen LogP contribution in [0.3, 0.4) is 0 Å². The van der Waals surface area contributed by atoms with Crippen molar-refractivity contribution in [2.45, 2.75) is 31.1 Å². The number of carbonyl (C=O) groups excluding carboxylic acids is 1. The summed E-state index contributed by atoms with van der Waals surface area (Å²) in [5.41, 5.74) is 3.53. The molecular weight excluding hydrogens is 398 g/mol. The van der Waals surface area contributed by atoms with Gasteiger partial charge in [0.1, 0.15) is 5.75 Å². The third kappa shape index (κ3) is 4.66. The predicted octanol–water partition coefficient (Wildman–Crippen LogP) is 4.52. The molecule has 0 unspecified atom stereocenters. The standard InChI is InChI=1S/C20H18ClN3O3S/c21-16-6-1-2-7-17(16)26-11-19-23-24-20(27-19)28-12-18(25)22-15-9-8-13-4-3-5-14(13)10-15/h1-2,6-10H,3-5,11-12H2,(H,22,25). The Labute approximate surface area is 171 Å². The van der Waals surface area contributed by atoms with Crippen molar-refractivity contribution in [1.82, 2.24) is 10.2 Å². The van der Waals surface area contributed by atoms with E-state index in [1.807, 2.05) is 18.2 Å². The number of ether oxygens (including phenoxy) is 1. The minimum Gasteiger partial charge on any atom is -0.482 e. The van der Waals surface area contributed by atoms with Gasteiger partial charge in [0.25, 0.3) is 11.1 Å². The van der Waals surface area contributed by atoms with Crippen LogP contribution in [-0.4, -0.2) is 21.9 Å². The summed E-state index contributed by atoms with van der Waals surface area (Å²) < 4.78 is 11.1. The van der Waals surface area contributed by atoms with E-state index in [0.717, 1.165) is 18.5 Å². The molecule has 0 bridgehead atoms. The lowest BCUT2D eigenvalue weighted by molar-refractivity contribution is -0.113. The normalized spacial score (nSPS) is 12.6. The molecule has 0 spiro atoms. The summed E-state index contributed by atoms with van der Waals surface area (Å²) in [6, 6.07) is 13.3. The highest BCUT2D eigenvalue weighted by molar-refractivity contribution is 7.99. The van der Waals surface area contributed by atoms with Crippen molar-refractivity contribution in [3.8, 4) is 5.75 Å². The lowest BCUT2D eigenvalue weighted by Gasteiger charge is -2.06. The van der Waals surface area contributed by atoms with E-state index in [1.54, 1.807) is 12.1 Å². The minimum atomic E-state index is -0.116. The molecule has 0 fully saturated rings. The summed E-state index contributed by atoms with van der Waals surface area (Å²) in [5.74, 6) is 0.936. The van der Waals surface area contributed by atoms with Crippen LogP contribution in [-0.2, 0) is 24.2 Å². The molecule has 1 aliphatic carbocycles. The van der Waals surface area contributed by atoms with Crippen LogP contribution in [0.2, 0.25) is 5.02 Å². The van der Waals surface area contributed by atoms with E-state index in [0.29, 0.717) is 21.9 Å². The van der Waals surface area contributed by atoms with Crippen LogP contribution in [0.5, 0.6) is 5.75 Å². The van der Waals surface area contributed by atoms with Gasteiger partial charge in [-0.3, -0.25) is 4.79 Å². The van der Waals surface area contributed by atoms with Crippen molar-refractivity contribution in [3.05, 3.63) is 64.5 Å². The van der Waals surface area contributed by atoms with Crippen LogP contribution in [0, 0.1) is 0 Å². The molecule has 0 saturated heterocycles. The Kier molecular flexibility index (Phi) is 5.83. The highest BCUT2D eigenvalue weighted by Gasteiger charge is 2.13. The summed E-state index contributed by atoms with van der Waals surface area (Å²) >= 11 is 7.22. The van der Waals surface area contributed by atoms with Gasteiger partial charge in [0.15, 0.2) is 6.61 Å². The van der Waals surface area contributed by atoms with Crippen molar-refractivity contribution >= 4 is 35.0 Å². The van der Waals surface area contributed by atoms with Crippen LogP contribution in [0.15, 0.2) is 52.1 Å². The zero-order valence-electron chi connectivity index (χ0n) is 15.0. The first kappa shape index (κ1) is 18.8. The third-order valence-electron chi connectivity index (χ3n) is 4.35. The van der Waals surface area contributed by atoms with Crippen molar-refractivity contribution in [2.24, 2.45) is 0 Å². The molecular formula is C20H18ClN3O3S. The van der Waals surface area contributed by atoms with E-state index in [4.69, 9.17) is 20.8 Å². The van der Waals surface area contributed by atoms with E-state index in [1.165, 1.54) is 29.3 Å². The number of nitrogens with zero attached hydrogens (tertiary/aromatic N) is 2. The molecule has 0 saturated carbocycles. The first-order chi connectivity index (χ1) is 13.7. The van der Waals surface area contributed by atoms with Gasteiger partial charge in [-0.1, -0.05) is 41.6 Å². The lowest BCUT2D eigenvalue weighted by Crippen LogP contribution is -2.14. The topological polar surface area (TPSA) is 77.2 Å². The predicted molar refractivity (Wildman–Crippen MR) is 108 cm³/mol. The highest BCUT2D eigenvalue weighted by Crippen LogP contribution is 2.26. The Morgan fingerprint density at radius 1 is 1.18 bits per heavy atom. The second-order valence-corrected chi connectivity index (χ2v) is 7.69. The van der Waals surface area contributed by atoms with Crippen LogP contribution in [0.1, 0.15) is 23.4 Å². The molecule has 1 heterocycles. The first-order valence-corrected chi connectivity index (χ1v) is 10.3. The molecule has 1 aromatic heterocycles. The molecule has 8 heteroatoms. The van der Waals surface area contributed by atoms with Gasteiger partial charge in [0, 0.05) is 5.69 Å². The SMILES string of the molecule is O=C(CSc1nnc(COc2ccccc2Cl)o1)Nc1ccc2c(c1)CCC2. The maximum atomic E-state index is 12.2. The van der Waals surface area contributed by atoms with E-state index in [2.05, 4.69) is 27.6 Å². The highest BCUT2D eigenvalue weighted by atomic mass is 35.5. The largest absolute Gasteiger partial charge is 0.482 e. The van der Waals surface area contributed by atoms with Gasteiger partial charge in [0.05, 0.1) is 10.8 Å². The number of amides is 1. The Balaban J connectivity index is 1.26. The van der Waals surface area contributed by atoms with Gasteiger partial charge in [0.2, 0.25) is 5.91 Å². The Morgan fingerprint density at radius 2 is 2.04 bits per heavy atom. The summed E-state index contributed by atoms with van der Waals surface area (Å²) in [5, 5.41) is 11.6. The fraction of sp³-hybridized carbons (Fsp3) is 0.250. The second kappa shape index (κ2) is 8.67. The van der Waals surface area contributed by atoms with Gasteiger partial charge in [-0.2, -0.15) is 0 Å². The number of anilines is 1. The molecule has 2 aromatic carbocycles. The number of carbonyl (C=O) groups is 1. The summed E-state index contributed by atoms with van der Waals surface area (Å²) in [6.07, 6.45) is 3.39. The van der Waals surface area contributed by atoms with E-state index in [9.17, 15) is 4.79 Å². The maximum absolute atomic E-state index is 12.2. The molecule has 1 N–H and O–H groups in total. The number of para-hydroxylation sites is 1. The molecule has 6 nitrogen and oxygen atoms in total. The number of thioether (sulfide) groups is 1. The zero-order chi connectivity index (χ0) is 19.3. The Hall–Kier alpha value is -2.51. The van der Waals surface area contributed by atoms with E-state index in [-0.39, 0.29) is 18.3 Å². The molecule has 144 valence electrons. The Morgan fingerprint density at radius 3 is 2.93 bits per heavy atom. The van der Waals surface area contributed by atoms with Crippen molar-refractivity contribution in [3.63, 3.8) is 0 Å². The molecule has 0 radical (unpaired) electrons. The van der Waals surface area contributed by atoms with E-state index >= 15 is 0 Å². The number of aromatic nitrogens is 2. The molecule has 4 rings (SSSR count). The molecule has 28 heavy (non-hydrogen) atoms. The number of fused-ring (bicyclic) bond motifs is 1. The summed E-state index contributed by atoms with van der Waals surface area (Å²) in [4.78, 5) is 12.2. The number of hydrogen-bond acceptors (Lipinski definition) is 6. The number of halogens is 1. The number of hydrogen-bond donors (Lipinski definition) is 1. The van der Waals surface area contributed by atoms with E-state index < -0.39 is 0 Å². The van der Waals surface area contributed by atoms with Crippen molar-refractivity contribution < 1.29 is 13.9 Å². The molecule has 0 atom stereocenters. The van der Waals surface area contributed by atoms with Crippen molar-refractivity contribution in [1.29, 1.82) is 0 Å². The fourth-order valence-electron chi connectivity index (χ4n) is 3.03. The molecule has 3 aromatic rings. The van der Waals surface area contributed by atoms with Crippen LogP contribution in [0.25, 0.3) is 0 Å². The fourth-order valence-corrected chi connectivity index (χ4v) is 3.80. The molecule has 1 amide bonds. The van der Waals surface area contributed by atoms with Crippen molar-refractivity contribution in [2.75, 3.05) is 11.1 Å². The molecule has 1 aliphatic rings. The van der Waals surface area contributed by atoms with Crippen LogP contribution in [0.4, 0.5) is 5.69 Å². The number of aryl methyl sites for hydroxylation is 2. The van der Waals surface area contributed by atoms with Gasteiger partial charge < -0.3 is 14.5 Å². The zero-order valence-corrected chi connectivity index (χ0v) is 16.6. The van der Waals surface area contributed by atoms with Crippen LogP contribution >= 0.6 is 23.4 Å². The summed E-state index contributed by atoms with van der Waals surface area (Å²) in [7, 11) is 0. The average molecular weight is 416 g/mol. The Bertz CT molecular complexity index is 992. The quantitative estimate of drug-likeness (QED) is 0.571. The second-order valence-electron chi connectivity index (χ2n) is 6.35. The monoisotopic (exact) mass is 415 g/mol. The van der Waals surface area contributed by atoms with Gasteiger partial charge in [-0.05, 0) is 54.7 Å². The van der Waals surface area contributed by atoms with Gasteiger partial charge >= 0.3 is 0 Å².